The Hall–Kier alpha value is -1.88. The Morgan fingerprint density at radius 1 is 0.451 bits per heavy atom. The monoisotopic (exact) mass is 717 g/mol. The zero-order valence-corrected chi connectivity index (χ0v) is 33.9. The molecule has 5 heteroatoms. The van der Waals surface area contributed by atoms with Crippen LogP contribution in [0.2, 0.25) is 0 Å². The largest absolute Gasteiger partial charge is 0.462 e. The topological polar surface area (TPSA) is 72.8 Å². The molecule has 0 amide bonds. The van der Waals surface area contributed by atoms with Crippen LogP contribution in [0, 0.1) is 0 Å². The van der Waals surface area contributed by atoms with Gasteiger partial charge in [-0.3, -0.25) is 9.59 Å². The Kier molecular flexibility index (Phi) is 41.0. The molecule has 0 aromatic carbocycles. The van der Waals surface area contributed by atoms with E-state index in [9.17, 15) is 14.7 Å². The van der Waals surface area contributed by atoms with Crippen molar-refractivity contribution in [2.24, 2.45) is 0 Å². The van der Waals surface area contributed by atoms with Crippen molar-refractivity contribution in [3.05, 3.63) is 36.5 Å². The third-order valence-electron chi connectivity index (χ3n) is 9.66. The lowest BCUT2D eigenvalue weighted by Gasteiger charge is -2.15. The number of hydrogen-bond donors (Lipinski definition) is 1. The minimum atomic E-state index is -0.777. The summed E-state index contributed by atoms with van der Waals surface area (Å²) in [6.45, 7) is 4.10. The summed E-state index contributed by atoms with van der Waals surface area (Å²) in [5.41, 5.74) is 0. The number of esters is 2. The van der Waals surface area contributed by atoms with Crippen LogP contribution in [0.3, 0.4) is 0 Å². The summed E-state index contributed by atoms with van der Waals surface area (Å²) in [5.74, 6) is -0.603. The molecule has 0 aliphatic carbocycles. The summed E-state index contributed by atoms with van der Waals surface area (Å²) in [6, 6.07) is 0. The van der Waals surface area contributed by atoms with Crippen molar-refractivity contribution in [2.45, 2.75) is 232 Å². The van der Waals surface area contributed by atoms with Crippen molar-refractivity contribution in [1.29, 1.82) is 0 Å². The number of hydrogen-bond acceptors (Lipinski definition) is 5. The van der Waals surface area contributed by atoms with Crippen LogP contribution in [0.4, 0.5) is 0 Å². The smallest absolute Gasteiger partial charge is 0.306 e. The lowest BCUT2D eigenvalue weighted by atomic mass is 10.0. The summed E-state index contributed by atoms with van der Waals surface area (Å²) in [4.78, 5) is 24.3. The molecule has 0 spiro atoms. The minimum Gasteiger partial charge on any atom is -0.462 e. The van der Waals surface area contributed by atoms with E-state index in [1.165, 1.54) is 148 Å². The molecule has 0 aliphatic heterocycles. The maximum Gasteiger partial charge on any atom is 0.306 e. The molecular formula is C46H84O5. The number of aliphatic hydroxyl groups is 1. The van der Waals surface area contributed by atoms with E-state index in [0.717, 1.165) is 51.4 Å². The molecule has 0 bridgehead atoms. The highest BCUT2D eigenvalue weighted by molar-refractivity contribution is 5.70. The number of carbonyl (C=O) groups excluding carboxylic acids is 2. The second kappa shape index (κ2) is 42.5. The molecule has 298 valence electrons. The van der Waals surface area contributed by atoms with E-state index < -0.39 is 6.10 Å². The first-order valence-corrected chi connectivity index (χ1v) is 22.0. The molecule has 0 aromatic heterocycles. The minimum absolute atomic E-state index is 0.0703. The standard InChI is InChI=1S/C46H84O5/c1-3-5-7-9-11-13-15-17-19-20-21-22-23-24-25-26-27-29-30-32-34-36-38-40-45(48)50-43-44(42-47)51-46(49)41-39-37-35-33-31-28-18-16-14-12-10-8-6-4-2/h10,12,16,18,20-21,44,47H,3-9,11,13-15,17,19,22-43H2,1-2H3/b12-10-,18-16-,21-20-. The summed E-state index contributed by atoms with van der Waals surface area (Å²) in [7, 11) is 0. The number of carbonyl (C=O) groups is 2. The fourth-order valence-electron chi connectivity index (χ4n) is 6.27. The molecule has 0 saturated carbocycles. The number of aliphatic hydroxyl groups excluding tert-OH is 1. The van der Waals surface area contributed by atoms with E-state index in [1.807, 2.05) is 0 Å². The lowest BCUT2D eigenvalue weighted by molar-refractivity contribution is -0.161. The van der Waals surface area contributed by atoms with Gasteiger partial charge in [-0.2, -0.15) is 0 Å². The first-order valence-electron chi connectivity index (χ1n) is 22.0. The second-order valence-corrected chi connectivity index (χ2v) is 14.8. The second-order valence-electron chi connectivity index (χ2n) is 14.8. The predicted octanol–water partition coefficient (Wildman–Crippen LogP) is 14.0. The van der Waals surface area contributed by atoms with Crippen LogP contribution in [0.1, 0.15) is 226 Å². The van der Waals surface area contributed by atoms with Gasteiger partial charge in [-0.15, -0.1) is 0 Å². The van der Waals surface area contributed by atoms with E-state index in [-0.39, 0.29) is 25.2 Å². The van der Waals surface area contributed by atoms with Gasteiger partial charge in [-0.1, -0.05) is 185 Å². The van der Waals surface area contributed by atoms with Crippen LogP contribution in [0.15, 0.2) is 36.5 Å². The van der Waals surface area contributed by atoms with Crippen LogP contribution >= 0.6 is 0 Å². The van der Waals surface area contributed by atoms with Crippen molar-refractivity contribution in [3.63, 3.8) is 0 Å². The molecule has 0 saturated heterocycles. The Morgan fingerprint density at radius 3 is 1.24 bits per heavy atom. The normalized spacial score (nSPS) is 12.5. The van der Waals surface area contributed by atoms with Crippen molar-refractivity contribution >= 4 is 11.9 Å². The molecule has 1 N–H and O–H groups in total. The van der Waals surface area contributed by atoms with Gasteiger partial charge in [0.1, 0.15) is 6.61 Å². The zero-order chi connectivity index (χ0) is 37.1. The summed E-state index contributed by atoms with van der Waals surface area (Å²) in [5, 5.41) is 9.57. The van der Waals surface area contributed by atoms with Crippen molar-refractivity contribution < 1.29 is 24.2 Å². The first-order chi connectivity index (χ1) is 25.1. The van der Waals surface area contributed by atoms with Gasteiger partial charge in [0.15, 0.2) is 6.10 Å². The third kappa shape index (κ3) is 40.7. The van der Waals surface area contributed by atoms with Crippen molar-refractivity contribution in [2.75, 3.05) is 13.2 Å². The highest BCUT2D eigenvalue weighted by atomic mass is 16.6. The van der Waals surface area contributed by atoms with Crippen LogP contribution < -0.4 is 0 Å². The SMILES string of the molecule is CCCC/C=C\C/C=C\CCCCCCCC(=O)OC(CO)COC(=O)CCCCCCCCCCCCC/C=C\CCCCCCCCCC. The molecule has 0 aliphatic rings. The molecule has 1 unspecified atom stereocenters. The van der Waals surface area contributed by atoms with Gasteiger partial charge in [-0.05, 0) is 64.2 Å². The fourth-order valence-corrected chi connectivity index (χ4v) is 6.27. The van der Waals surface area contributed by atoms with Crippen LogP contribution in [-0.2, 0) is 19.1 Å². The predicted molar refractivity (Wildman–Crippen MR) is 219 cm³/mol. The molecule has 0 fully saturated rings. The van der Waals surface area contributed by atoms with Crippen molar-refractivity contribution in [3.8, 4) is 0 Å². The van der Waals surface area contributed by atoms with E-state index >= 15 is 0 Å². The van der Waals surface area contributed by atoms with Gasteiger partial charge in [0.25, 0.3) is 0 Å². The molecule has 5 nitrogen and oxygen atoms in total. The summed E-state index contributed by atoms with van der Waals surface area (Å²) >= 11 is 0. The first kappa shape index (κ1) is 49.1. The van der Waals surface area contributed by atoms with Crippen LogP contribution in [0.5, 0.6) is 0 Å². The van der Waals surface area contributed by atoms with Crippen LogP contribution in [0.25, 0.3) is 0 Å². The molecule has 0 aromatic rings. The number of ether oxygens (including phenoxy) is 2. The summed E-state index contributed by atoms with van der Waals surface area (Å²) < 4.78 is 10.6. The quantitative estimate of drug-likeness (QED) is 0.0388. The Bertz CT molecular complexity index is 816. The average Bonchev–Trinajstić information content (AvgIpc) is 3.13. The summed E-state index contributed by atoms with van der Waals surface area (Å²) in [6.07, 6.45) is 52.2. The van der Waals surface area contributed by atoms with E-state index in [1.54, 1.807) is 0 Å². The molecule has 0 radical (unpaired) electrons. The van der Waals surface area contributed by atoms with Gasteiger partial charge >= 0.3 is 11.9 Å². The molecule has 51 heavy (non-hydrogen) atoms. The third-order valence-corrected chi connectivity index (χ3v) is 9.66. The highest BCUT2D eigenvalue weighted by Crippen LogP contribution is 2.14. The molecule has 1 atom stereocenters. The van der Waals surface area contributed by atoms with Gasteiger partial charge in [0.2, 0.25) is 0 Å². The molecule has 0 rings (SSSR count). The average molecular weight is 717 g/mol. The highest BCUT2D eigenvalue weighted by Gasteiger charge is 2.16. The van der Waals surface area contributed by atoms with Gasteiger partial charge < -0.3 is 14.6 Å². The maximum atomic E-state index is 12.2. The van der Waals surface area contributed by atoms with E-state index in [0.29, 0.717) is 12.8 Å². The fraction of sp³-hybridized carbons (Fsp3) is 0.826. The Labute approximate surface area is 316 Å². The van der Waals surface area contributed by atoms with Crippen LogP contribution in [-0.4, -0.2) is 36.4 Å². The van der Waals surface area contributed by atoms with Gasteiger partial charge in [0.05, 0.1) is 6.61 Å². The molecular weight excluding hydrogens is 633 g/mol. The Morgan fingerprint density at radius 2 is 0.804 bits per heavy atom. The van der Waals surface area contributed by atoms with E-state index in [4.69, 9.17) is 9.47 Å². The van der Waals surface area contributed by atoms with Crippen molar-refractivity contribution in [1.82, 2.24) is 0 Å². The van der Waals surface area contributed by atoms with Gasteiger partial charge in [-0.25, -0.2) is 0 Å². The zero-order valence-electron chi connectivity index (χ0n) is 33.9. The lowest BCUT2D eigenvalue weighted by Crippen LogP contribution is -2.28. The number of allylic oxidation sites excluding steroid dienone is 6. The Balaban J connectivity index is 3.50. The molecule has 0 heterocycles. The number of rotatable bonds is 40. The number of unbranched alkanes of at least 4 members (excludes halogenated alkanes) is 26. The van der Waals surface area contributed by atoms with Gasteiger partial charge in [0, 0.05) is 12.8 Å². The van der Waals surface area contributed by atoms with E-state index in [2.05, 4.69) is 50.3 Å². The maximum absolute atomic E-state index is 12.2.